The molecule has 2 atom stereocenters. The van der Waals surface area contributed by atoms with Crippen molar-refractivity contribution < 1.29 is 29.0 Å². The molecule has 2 amide bonds. The zero-order chi connectivity index (χ0) is 26.5. The van der Waals surface area contributed by atoms with Crippen LogP contribution in [-0.4, -0.2) is 60.4 Å². The largest absolute Gasteiger partial charge is 0.480 e. The molecule has 3 aromatic rings. The molecule has 0 spiro atoms. The third-order valence-electron chi connectivity index (χ3n) is 7.10. The van der Waals surface area contributed by atoms with Gasteiger partial charge in [0.2, 0.25) is 5.91 Å². The van der Waals surface area contributed by atoms with E-state index in [1.807, 2.05) is 54.6 Å². The molecule has 2 aliphatic rings. The lowest BCUT2D eigenvalue weighted by molar-refractivity contribution is -0.146. The maximum atomic E-state index is 13.1. The van der Waals surface area contributed by atoms with Crippen LogP contribution in [-0.2, 0) is 25.6 Å². The number of alkyl carbamates (subject to hydrolysis) is 1. The van der Waals surface area contributed by atoms with Gasteiger partial charge in [0.1, 0.15) is 13.2 Å². The molecule has 196 valence electrons. The van der Waals surface area contributed by atoms with Gasteiger partial charge >= 0.3 is 12.1 Å². The fourth-order valence-electron chi connectivity index (χ4n) is 5.30. The lowest BCUT2D eigenvalue weighted by Crippen LogP contribution is -2.39. The number of carbonyl (C=O) groups is 3. The van der Waals surface area contributed by atoms with E-state index in [-0.39, 0.29) is 50.8 Å². The van der Waals surface area contributed by atoms with E-state index >= 15 is 0 Å². The van der Waals surface area contributed by atoms with Crippen molar-refractivity contribution in [1.29, 1.82) is 0 Å². The average molecular weight is 515 g/mol. The first kappa shape index (κ1) is 25.5. The van der Waals surface area contributed by atoms with Crippen LogP contribution in [0.15, 0.2) is 78.9 Å². The van der Waals surface area contributed by atoms with Crippen molar-refractivity contribution in [2.45, 2.75) is 25.0 Å². The Morgan fingerprint density at radius 1 is 0.921 bits per heavy atom. The number of ether oxygens (including phenoxy) is 2. The van der Waals surface area contributed by atoms with Crippen LogP contribution >= 0.6 is 0 Å². The van der Waals surface area contributed by atoms with E-state index in [2.05, 4.69) is 29.6 Å². The van der Waals surface area contributed by atoms with Gasteiger partial charge in [-0.2, -0.15) is 0 Å². The monoisotopic (exact) mass is 514 g/mol. The molecule has 1 fully saturated rings. The van der Waals surface area contributed by atoms with Gasteiger partial charge in [0, 0.05) is 19.0 Å². The highest BCUT2D eigenvalue weighted by atomic mass is 16.5. The molecule has 0 saturated carbocycles. The van der Waals surface area contributed by atoms with Crippen LogP contribution in [0.2, 0.25) is 0 Å². The van der Waals surface area contributed by atoms with E-state index in [0.717, 1.165) is 27.8 Å². The Hall–Kier alpha value is -4.17. The van der Waals surface area contributed by atoms with Gasteiger partial charge in [-0.3, -0.25) is 9.59 Å². The fourth-order valence-corrected chi connectivity index (χ4v) is 5.30. The molecule has 38 heavy (non-hydrogen) atoms. The van der Waals surface area contributed by atoms with Crippen molar-refractivity contribution in [3.63, 3.8) is 0 Å². The maximum absolute atomic E-state index is 13.1. The predicted octanol–water partition coefficient (Wildman–Crippen LogP) is 4.04. The minimum atomic E-state index is -1.07. The molecule has 5 rings (SSSR count). The molecule has 3 aromatic carbocycles. The molecule has 8 heteroatoms. The normalized spacial score (nSPS) is 17.9. The lowest BCUT2D eigenvalue weighted by Gasteiger charge is -2.23. The lowest BCUT2D eigenvalue weighted by atomic mass is 9.98. The summed E-state index contributed by atoms with van der Waals surface area (Å²) in [6.45, 7) is 0.438. The van der Waals surface area contributed by atoms with Crippen LogP contribution in [0.25, 0.3) is 11.1 Å². The minimum absolute atomic E-state index is 0.0253. The number of amides is 2. The van der Waals surface area contributed by atoms with Gasteiger partial charge in [-0.05, 0) is 34.2 Å². The van der Waals surface area contributed by atoms with E-state index in [1.165, 1.54) is 4.90 Å². The summed E-state index contributed by atoms with van der Waals surface area (Å²) in [5.74, 6) is -1.82. The molecule has 1 heterocycles. The summed E-state index contributed by atoms with van der Waals surface area (Å²) in [5, 5.41) is 12.1. The Morgan fingerprint density at radius 2 is 1.55 bits per heavy atom. The Bertz CT molecular complexity index is 1270. The highest BCUT2D eigenvalue weighted by Crippen LogP contribution is 2.44. The molecule has 0 bridgehead atoms. The van der Waals surface area contributed by atoms with Crippen LogP contribution < -0.4 is 5.32 Å². The zero-order valence-corrected chi connectivity index (χ0v) is 20.9. The molecule has 1 saturated heterocycles. The Morgan fingerprint density at radius 3 is 2.21 bits per heavy atom. The molecule has 8 nitrogen and oxygen atoms in total. The molecule has 1 aliphatic heterocycles. The molecular formula is C30H30N2O6. The van der Waals surface area contributed by atoms with E-state index in [4.69, 9.17) is 9.47 Å². The highest BCUT2D eigenvalue weighted by Gasteiger charge is 2.35. The Balaban J connectivity index is 1.12. The van der Waals surface area contributed by atoms with E-state index in [1.54, 1.807) is 0 Å². The molecule has 0 radical (unpaired) electrons. The highest BCUT2D eigenvalue weighted by molar-refractivity contribution is 5.83. The number of carboxylic acids is 1. The standard InChI is InChI=1S/C30H30N2O6/c33-28(34)17-32(16-20-8-2-1-3-9-20)29(35)21-14-22(37-18-21)15-31-30(36)38-19-27-25-12-6-4-10-23(25)24-11-5-7-13-26(24)27/h1-13,21-22,27H,14-19H2,(H,31,36)(H,33,34)/t21-,22-/m0/s1. The van der Waals surface area contributed by atoms with Crippen molar-refractivity contribution in [1.82, 2.24) is 10.2 Å². The molecular weight excluding hydrogens is 484 g/mol. The van der Waals surface area contributed by atoms with Crippen LogP contribution in [0, 0.1) is 5.92 Å². The summed E-state index contributed by atoms with van der Waals surface area (Å²) in [6.07, 6.45) is -0.498. The number of carbonyl (C=O) groups excluding carboxylic acids is 2. The fraction of sp³-hybridized carbons (Fsp3) is 0.300. The van der Waals surface area contributed by atoms with Gasteiger partial charge in [-0.1, -0.05) is 78.9 Å². The van der Waals surface area contributed by atoms with Gasteiger partial charge in [0.15, 0.2) is 0 Å². The smallest absolute Gasteiger partial charge is 0.407 e. The van der Waals surface area contributed by atoms with Crippen molar-refractivity contribution in [2.24, 2.45) is 5.92 Å². The number of carboxylic acid groups (broad SMARTS) is 1. The topological polar surface area (TPSA) is 105 Å². The second-order valence-corrected chi connectivity index (χ2v) is 9.67. The third-order valence-corrected chi connectivity index (χ3v) is 7.10. The van der Waals surface area contributed by atoms with Crippen LogP contribution in [0.1, 0.15) is 29.0 Å². The first-order valence-corrected chi connectivity index (χ1v) is 12.7. The minimum Gasteiger partial charge on any atom is -0.480 e. The van der Waals surface area contributed by atoms with Crippen molar-refractivity contribution in [3.8, 4) is 11.1 Å². The third kappa shape index (κ3) is 5.70. The van der Waals surface area contributed by atoms with Gasteiger partial charge in [0.25, 0.3) is 0 Å². The van der Waals surface area contributed by atoms with Crippen LogP contribution in [0.3, 0.4) is 0 Å². The number of hydrogen-bond donors (Lipinski definition) is 2. The number of fused-ring (bicyclic) bond motifs is 3. The maximum Gasteiger partial charge on any atom is 0.407 e. The van der Waals surface area contributed by atoms with Crippen LogP contribution in [0.5, 0.6) is 0 Å². The number of aliphatic carboxylic acids is 1. The Labute approximate surface area is 221 Å². The number of nitrogens with zero attached hydrogens (tertiary/aromatic N) is 1. The summed E-state index contributed by atoms with van der Waals surface area (Å²) < 4.78 is 11.3. The van der Waals surface area contributed by atoms with Gasteiger partial charge in [-0.25, -0.2) is 4.79 Å². The van der Waals surface area contributed by atoms with Crippen molar-refractivity contribution in [2.75, 3.05) is 26.3 Å². The van der Waals surface area contributed by atoms with E-state index in [9.17, 15) is 19.5 Å². The molecule has 2 N–H and O–H groups in total. The number of rotatable bonds is 9. The first-order valence-electron chi connectivity index (χ1n) is 12.7. The quantitative estimate of drug-likeness (QED) is 0.447. The number of benzene rings is 3. The first-order chi connectivity index (χ1) is 18.5. The van der Waals surface area contributed by atoms with Crippen molar-refractivity contribution >= 4 is 18.0 Å². The molecule has 0 aromatic heterocycles. The second kappa shape index (κ2) is 11.5. The van der Waals surface area contributed by atoms with E-state index in [0.29, 0.717) is 6.42 Å². The summed E-state index contributed by atoms with van der Waals surface area (Å²) in [6, 6.07) is 25.6. The molecule has 1 aliphatic carbocycles. The number of nitrogens with one attached hydrogen (secondary N) is 1. The number of hydrogen-bond acceptors (Lipinski definition) is 5. The zero-order valence-electron chi connectivity index (χ0n) is 20.9. The predicted molar refractivity (Wildman–Crippen MR) is 140 cm³/mol. The summed E-state index contributed by atoms with van der Waals surface area (Å²) in [5.41, 5.74) is 5.47. The van der Waals surface area contributed by atoms with Gasteiger partial charge < -0.3 is 24.8 Å². The molecule has 0 unspecified atom stereocenters. The Kier molecular flexibility index (Phi) is 7.70. The van der Waals surface area contributed by atoms with Crippen molar-refractivity contribution in [3.05, 3.63) is 95.6 Å². The van der Waals surface area contributed by atoms with Gasteiger partial charge in [-0.15, -0.1) is 0 Å². The SMILES string of the molecule is O=C(O)CN(Cc1ccccc1)C(=O)[C@@H]1CO[C@H](CNC(=O)OCC2c3ccccc3-c3ccccc32)C1. The second-order valence-electron chi connectivity index (χ2n) is 9.67. The van der Waals surface area contributed by atoms with E-state index < -0.39 is 18.0 Å². The summed E-state index contributed by atoms with van der Waals surface area (Å²) >= 11 is 0. The average Bonchev–Trinajstić information content (AvgIpc) is 3.53. The van der Waals surface area contributed by atoms with Crippen LogP contribution in [0.4, 0.5) is 4.79 Å². The summed E-state index contributed by atoms with van der Waals surface area (Å²) in [7, 11) is 0. The summed E-state index contributed by atoms with van der Waals surface area (Å²) in [4.78, 5) is 38.3. The van der Waals surface area contributed by atoms with Gasteiger partial charge in [0.05, 0.1) is 18.6 Å².